The third kappa shape index (κ3) is 3.60. The lowest BCUT2D eigenvalue weighted by molar-refractivity contribution is -0.118. The number of rotatable bonds is 5. The number of benzene rings is 2. The Bertz CT molecular complexity index is 858. The van der Waals surface area contributed by atoms with Crippen LogP contribution in [0.5, 0.6) is 5.75 Å². The van der Waals surface area contributed by atoms with Gasteiger partial charge in [0.15, 0.2) is 6.61 Å². The number of hydrogen-bond acceptors (Lipinski definition) is 5. The van der Waals surface area contributed by atoms with Crippen molar-refractivity contribution in [3.63, 3.8) is 0 Å². The first kappa shape index (κ1) is 15.7. The summed E-state index contributed by atoms with van der Waals surface area (Å²) in [4.78, 5) is 16.1. The zero-order valence-electron chi connectivity index (χ0n) is 13.4. The monoisotopic (exact) mass is 323 g/mol. The van der Waals surface area contributed by atoms with Crippen molar-refractivity contribution in [1.29, 1.82) is 0 Å². The minimum atomic E-state index is -0.351. The van der Waals surface area contributed by atoms with Crippen LogP contribution in [-0.2, 0) is 4.79 Å². The SMILES string of the molecule is Cc1ccccc1OCC(=O)Nc1noc(-c2ccccc2C)n1. The number of carbonyl (C=O) groups is 1. The van der Waals surface area contributed by atoms with Crippen LogP contribution in [-0.4, -0.2) is 22.7 Å². The number of anilines is 1. The molecule has 3 rings (SSSR count). The summed E-state index contributed by atoms with van der Waals surface area (Å²) in [6, 6.07) is 15.2. The average Bonchev–Trinajstić information content (AvgIpc) is 3.03. The lowest BCUT2D eigenvalue weighted by Gasteiger charge is -2.07. The quantitative estimate of drug-likeness (QED) is 0.779. The van der Waals surface area contributed by atoms with Crippen LogP contribution < -0.4 is 10.1 Å². The number of para-hydroxylation sites is 1. The average molecular weight is 323 g/mol. The Hall–Kier alpha value is -3.15. The molecule has 2 aromatic carbocycles. The molecular formula is C18H17N3O3. The van der Waals surface area contributed by atoms with Crippen LogP contribution in [0.4, 0.5) is 5.95 Å². The highest BCUT2D eigenvalue weighted by Gasteiger charge is 2.13. The van der Waals surface area contributed by atoms with Gasteiger partial charge in [0.25, 0.3) is 17.7 Å². The second kappa shape index (κ2) is 6.95. The number of amides is 1. The van der Waals surface area contributed by atoms with Crippen molar-refractivity contribution < 1.29 is 14.1 Å². The Labute approximate surface area is 139 Å². The summed E-state index contributed by atoms with van der Waals surface area (Å²) in [5.41, 5.74) is 2.82. The molecule has 0 aliphatic rings. The lowest BCUT2D eigenvalue weighted by Crippen LogP contribution is -2.21. The van der Waals surface area contributed by atoms with Crippen molar-refractivity contribution in [3.05, 3.63) is 59.7 Å². The summed E-state index contributed by atoms with van der Waals surface area (Å²) in [5, 5.41) is 6.33. The van der Waals surface area contributed by atoms with Crippen LogP contribution in [0.15, 0.2) is 53.1 Å². The summed E-state index contributed by atoms with van der Waals surface area (Å²) < 4.78 is 10.7. The van der Waals surface area contributed by atoms with Gasteiger partial charge in [-0.1, -0.05) is 36.4 Å². The van der Waals surface area contributed by atoms with E-state index < -0.39 is 0 Å². The molecule has 0 saturated carbocycles. The molecule has 0 aliphatic heterocycles. The highest BCUT2D eigenvalue weighted by Crippen LogP contribution is 2.22. The summed E-state index contributed by atoms with van der Waals surface area (Å²) >= 11 is 0. The minimum Gasteiger partial charge on any atom is -0.483 e. The fourth-order valence-corrected chi connectivity index (χ4v) is 2.22. The second-order valence-electron chi connectivity index (χ2n) is 5.34. The molecule has 0 saturated heterocycles. The highest BCUT2D eigenvalue weighted by atomic mass is 16.5. The summed E-state index contributed by atoms with van der Waals surface area (Å²) in [6.07, 6.45) is 0. The smallest absolute Gasteiger partial charge is 0.270 e. The van der Waals surface area contributed by atoms with Gasteiger partial charge >= 0.3 is 0 Å². The van der Waals surface area contributed by atoms with Crippen molar-refractivity contribution >= 4 is 11.9 Å². The summed E-state index contributed by atoms with van der Waals surface area (Å²) in [6.45, 7) is 3.74. The predicted molar refractivity (Wildman–Crippen MR) is 89.8 cm³/mol. The predicted octanol–water partition coefficient (Wildman–Crippen LogP) is 3.37. The summed E-state index contributed by atoms with van der Waals surface area (Å²) in [7, 11) is 0. The molecule has 1 amide bonds. The summed E-state index contributed by atoms with van der Waals surface area (Å²) in [5.74, 6) is 0.798. The van der Waals surface area contributed by atoms with Crippen LogP contribution in [0.1, 0.15) is 11.1 Å². The van der Waals surface area contributed by atoms with Crippen molar-refractivity contribution in [2.24, 2.45) is 0 Å². The van der Waals surface area contributed by atoms with E-state index in [0.717, 1.165) is 16.7 Å². The van der Waals surface area contributed by atoms with E-state index in [4.69, 9.17) is 9.26 Å². The van der Waals surface area contributed by atoms with Crippen molar-refractivity contribution in [1.82, 2.24) is 10.1 Å². The largest absolute Gasteiger partial charge is 0.483 e. The number of nitrogens with one attached hydrogen (secondary N) is 1. The molecule has 0 atom stereocenters. The number of aromatic nitrogens is 2. The van der Waals surface area contributed by atoms with Gasteiger partial charge in [0.2, 0.25) is 0 Å². The van der Waals surface area contributed by atoms with Gasteiger partial charge in [0.05, 0.1) is 0 Å². The van der Waals surface area contributed by atoms with Crippen molar-refractivity contribution in [2.75, 3.05) is 11.9 Å². The van der Waals surface area contributed by atoms with E-state index in [1.54, 1.807) is 0 Å². The molecule has 3 aromatic rings. The molecule has 0 aliphatic carbocycles. The van der Waals surface area contributed by atoms with Gasteiger partial charge in [0.1, 0.15) is 5.75 Å². The second-order valence-corrected chi connectivity index (χ2v) is 5.34. The van der Waals surface area contributed by atoms with Crippen LogP contribution in [0.25, 0.3) is 11.5 Å². The minimum absolute atomic E-state index is 0.117. The zero-order chi connectivity index (χ0) is 16.9. The Kier molecular flexibility index (Phi) is 4.56. The van der Waals surface area contributed by atoms with E-state index in [-0.39, 0.29) is 18.5 Å². The topological polar surface area (TPSA) is 77.2 Å². The Morgan fingerprint density at radius 2 is 1.79 bits per heavy atom. The van der Waals surface area contributed by atoms with Gasteiger partial charge in [-0.3, -0.25) is 10.1 Å². The number of nitrogens with zero attached hydrogens (tertiary/aromatic N) is 2. The van der Waals surface area contributed by atoms with Crippen molar-refractivity contribution in [2.45, 2.75) is 13.8 Å². The molecule has 6 heteroatoms. The van der Waals surface area contributed by atoms with Gasteiger partial charge in [-0.25, -0.2) is 0 Å². The van der Waals surface area contributed by atoms with Crippen LogP contribution in [0.2, 0.25) is 0 Å². The van der Waals surface area contributed by atoms with Crippen molar-refractivity contribution in [3.8, 4) is 17.2 Å². The fourth-order valence-electron chi connectivity index (χ4n) is 2.22. The number of carbonyl (C=O) groups excluding carboxylic acids is 1. The number of hydrogen-bond donors (Lipinski definition) is 1. The standard InChI is InChI=1S/C18H17N3O3/c1-12-7-3-5-9-14(12)17-20-18(21-24-17)19-16(22)11-23-15-10-6-4-8-13(15)2/h3-10H,11H2,1-2H3,(H,19,21,22). The van der Waals surface area contributed by atoms with E-state index in [1.165, 1.54) is 0 Å². The van der Waals surface area contributed by atoms with E-state index in [0.29, 0.717) is 11.6 Å². The molecule has 0 bridgehead atoms. The maximum atomic E-state index is 12.0. The fraction of sp³-hybridized carbons (Fsp3) is 0.167. The molecule has 0 spiro atoms. The molecular weight excluding hydrogens is 306 g/mol. The van der Waals surface area contributed by atoms with E-state index in [9.17, 15) is 4.79 Å². The van der Waals surface area contributed by atoms with E-state index >= 15 is 0 Å². The molecule has 0 fully saturated rings. The Balaban J connectivity index is 1.62. The number of ether oxygens (including phenoxy) is 1. The van der Waals surface area contributed by atoms with E-state index in [1.807, 2.05) is 62.4 Å². The molecule has 0 unspecified atom stereocenters. The third-order valence-corrected chi connectivity index (χ3v) is 3.51. The Morgan fingerprint density at radius 1 is 1.08 bits per heavy atom. The van der Waals surface area contributed by atoms with Crippen LogP contribution in [0.3, 0.4) is 0 Å². The molecule has 6 nitrogen and oxygen atoms in total. The van der Waals surface area contributed by atoms with E-state index in [2.05, 4.69) is 15.5 Å². The first-order valence-corrected chi connectivity index (χ1v) is 7.51. The van der Waals surface area contributed by atoms with Crippen LogP contribution in [0, 0.1) is 13.8 Å². The van der Waals surface area contributed by atoms with Gasteiger partial charge < -0.3 is 9.26 Å². The normalized spacial score (nSPS) is 10.4. The molecule has 1 heterocycles. The maximum absolute atomic E-state index is 12.0. The van der Waals surface area contributed by atoms with Crippen LogP contribution >= 0.6 is 0 Å². The molecule has 1 N–H and O–H groups in total. The zero-order valence-corrected chi connectivity index (χ0v) is 13.4. The van der Waals surface area contributed by atoms with Gasteiger partial charge in [0, 0.05) is 5.56 Å². The maximum Gasteiger partial charge on any atom is 0.270 e. The van der Waals surface area contributed by atoms with Gasteiger partial charge in [-0.15, -0.1) is 0 Å². The molecule has 1 aromatic heterocycles. The Morgan fingerprint density at radius 3 is 2.54 bits per heavy atom. The molecule has 0 radical (unpaired) electrons. The first-order chi connectivity index (χ1) is 11.6. The lowest BCUT2D eigenvalue weighted by atomic mass is 10.1. The first-order valence-electron chi connectivity index (χ1n) is 7.51. The third-order valence-electron chi connectivity index (χ3n) is 3.51. The van der Waals surface area contributed by atoms with Gasteiger partial charge in [-0.2, -0.15) is 4.98 Å². The molecule has 24 heavy (non-hydrogen) atoms. The highest BCUT2D eigenvalue weighted by molar-refractivity contribution is 5.90. The van der Waals surface area contributed by atoms with Gasteiger partial charge in [-0.05, 0) is 42.3 Å². The number of aryl methyl sites for hydroxylation is 2. The molecule has 122 valence electrons.